The highest BCUT2D eigenvalue weighted by atomic mass is 16.5. The first-order valence-electron chi connectivity index (χ1n) is 7.53. The summed E-state index contributed by atoms with van der Waals surface area (Å²) in [6, 6.07) is 16.0. The minimum absolute atomic E-state index is 0.221. The van der Waals surface area contributed by atoms with E-state index in [9.17, 15) is 9.59 Å². The minimum atomic E-state index is -0.329. The zero-order chi connectivity index (χ0) is 16.4. The Labute approximate surface area is 134 Å². The molecule has 0 spiro atoms. The lowest BCUT2D eigenvalue weighted by Crippen LogP contribution is -2.51. The fourth-order valence-electron chi connectivity index (χ4n) is 2.43. The van der Waals surface area contributed by atoms with Crippen LogP contribution in [0.25, 0.3) is 0 Å². The molecule has 0 saturated carbocycles. The number of hydrazine groups is 1. The van der Waals surface area contributed by atoms with E-state index in [2.05, 4.69) is 5.43 Å². The lowest BCUT2D eigenvalue weighted by Gasteiger charge is -2.26. The van der Waals surface area contributed by atoms with Gasteiger partial charge in [-0.25, -0.2) is 10.4 Å². The number of rotatable bonds is 5. The number of carbonyl (C=O) groups is 2. The molecule has 118 valence electrons. The second kappa shape index (κ2) is 6.22. The van der Waals surface area contributed by atoms with Gasteiger partial charge < -0.3 is 4.74 Å². The van der Waals surface area contributed by atoms with Crippen molar-refractivity contribution in [2.75, 3.05) is 0 Å². The fraction of sp³-hybridized carbons (Fsp3) is 0.222. The zero-order valence-corrected chi connectivity index (χ0v) is 13.0. The molecule has 0 bridgehead atoms. The molecule has 0 fully saturated rings. The van der Waals surface area contributed by atoms with E-state index in [1.807, 2.05) is 44.2 Å². The van der Waals surface area contributed by atoms with Gasteiger partial charge in [0.2, 0.25) is 0 Å². The van der Waals surface area contributed by atoms with E-state index in [1.165, 1.54) is 0 Å². The highest BCUT2D eigenvalue weighted by Crippen LogP contribution is 2.21. The van der Waals surface area contributed by atoms with E-state index in [4.69, 9.17) is 4.74 Å². The molecule has 1 aliphatic rings. The van der Waals surface area contributed by atoms with Crippen molar-refractivity contribution in [2.24, 2.45) is 0 Å². The molecule has 0 saturated heterocycles. The summed E-state index contributed by atoms with van der Waals surface area (Å²) in [5.74, 6) is 0.0877. The lowest BCUT2D eigenvalue weighted by molar-refractivity contribution is 0.0475. The molecule has 1 heterocycles. The van der Waals surface area contributed by atoms with Crippen LogP contribution in [0.15, 0.2) is 54.6 Å². The van der Waals surface area contributed by atoms with Crippen molar-refractivity contribution in [1.82, 2.24) is 10.4 Å². The summed E-state index contributed by atoms with van der Waals surface area (Å²) in [5, 5.41) is 1.07. The molecule has 5 heteroatoms. The van der Waals surface area contributed by atoms with Crippen LogP contribution in [0.3, 0.4) is 0 Å². The van der Waals surface area contributed by atoms with Crippen LogP contribution < -0.4 is 10.2 Å². The third kappa shape index (κ3) is 2.96. The van der Waals surface area contributed by atoms with E-state index < -0.39 is 0 Å². The summed E-state index contributed by atoms with van der Waals surface area (Å²) < 4.78 is 5.82. The quantitative estimate of drug-likeness (QED) is 0.863. The second-order valence-electron chi connectivity index (χ2n) is 5.55. The van der Waals surface area contributed by atoms with Crippen molar-refractivity contribution in [2.45, 2.75) is 26.0 Å². The summed E-state index contributed by atoms with van der Waals surface area (Å²) in [6.07, 6.45) is -0.221. The Hall–Kier alpha value is -2.66. The number of nitrogens with one attached hydrogen (secondary N) is 1. The number of nitrogens with zero attached hydrogens (tertiary/aromatic N) is 1. The van der Waals surface area contributed by atoms with Gasteiger partial charge in [-0.05, 0) is 38.1 Å². The smallest absolute Gasteiger partial charge is 0.276 e. The number of imide groups is 1. The first kappa shape index (κ1) is 15.2. The van der Waals surface area contributed by atoms with Crippen LogP contribution in [0, 0.1) is 0 Å². The average molecular weight is 310 g/mol. The maximum Gasteiger partial charge on any atom is 0.276 e. The van der Waals surface area contributed by atoms with E-state index in [0.717, 1.165) is 10.8 Å². The molecule has 1 N–H and O–H groups in total. The molecule has 0 aromatic heterocycles. The molecule has 23 heavy (non-hydrogen) atoms. The molecule has 2 aromatic rings. The summed E-state index contributed by atoms with van der Waals surface area (Å²) in [5.41, 5.74) is 3.80. The molecule has 3 rings (SSSR count). The third-order valence-electron chi connectivity index (χ3n) is 3.90. The standard InChI is InChI=1S/C18H18N2O3/c1-12(13(2)23-14-8-4-3-5-9-14)19-20-17(21)15-10-6-7-11-16(15)18(20)22/h3-13,19H,1-2H3/t12-,13-/m0/s1. The van der Waals surface area contributed by atoms with Crippen LogP contribution in [-0.4, -0.2) is 29.0 Å². The van der Waals surface area contributed by atoms with Gasteiger partial charge in [-0.3, -0.25) is 9.59 Å². The largest absolute Gasteiger partial charge is 0.489 e. The van der Waals surface area contributed by atoms with E-state index in [1.54, 1.807) is 24.3 Å². The first-order valence-corrected chi connectivity index (χ1v) is 7.53. The van der Waals surface area contributed by atoms with Crippen molar-refractivity contribution in [3.8, 4) is 5.75 Å². The van der Waals surface area contributed by atoms with Crippen LogP contribution in [0.5, 0.6) is 5.75 Å². The van der Waals surface area contributed by atoms with Crippen molar-refractivity contribution < 1.29 is 14.3 Å². The molecule has 2 atom stereocenters. The fourth-order valence-corrected chi connectivity index (χ4v) is 2.43. The van der Waals surface area contributed by atoms with Crippen LogP contribution in [0.1, 0.15) is 34.6 Å². The van der Waals surface area contributed by atoms with Crippen molar-refractivity contribution in [1.29, 1.82) is 0 Å². The molecular weight excluding hydrogens is 292 g/mol. The summed E-state index contributed by atoms with van der Waals surface area (Å²) in [6.45, 7) is 3.76. The predicted molar refractivity (Wildman–Crippen MR) is 86.1 cm³/mol. The third-order valence-corrected chi connectivity index (χ3v) is 3.90. The number of hydrogen-bond acceptors (Lipinski definition) is 4. The number of hydrogen-bond donors (Lipinski definition) is 1. The Balaban J connectivity index is 1.68. The van der Waals surface area contributed by atoms with Crippen LogP contribution in [0.2, 0.25) is 0 Å². The highest BCUT2D eigenvalue weighted by molar-refractivity contribution is 6.20. The lowest BCUT2D eigenvalue weighted by atomic mass is 10.1. The van der Waals surface area contributed by atoms with E-state index in [-0.39, 0.29) is 24.0 Å². The monoisotopic (exact) mass is 310 g/mol. The second-order valence-corrected chi connectivity index (χ2v) is 5.55. The Morgan fingerprint density at radius 1 is 0.870 bits per heavy atom. The number of fused-ring (bicyclic) bond motifs is 1. The highest BCUT2D eigenvalue weighted by Gasteiger charge is 2.36. The number of para-hydroxylation sites is 1. The summed E-state index contributed by atoms with van der Waals surface area (Å²) in [4.78, 5) is 24.7. The maximum absolute atomic E-state index is 12.3. The normalized spacial score (nSPS) is 16.2. The van der Waals surface area contributed by atoms with Gasteiger partial charge in [0.1, 0.15) is 11.9 Å². The van der Waals surface area contributed by atoms with Gasteiger partial charge in [0.05, 0.1) is 17.2 Å². The van der Waals surface area contributed by atoms with Crippen molar-refractivity contribution >= 4 is 11.8 Å². The van der Waals surface area contributed by atoms with Gasteiger partial charge in [0.15, 0.2) is 0 Å². The first-order chi connectivity index (χ1) is 11.1. The Kier molecular flexibility index (Phi) is 4.12. The summed E-state index contributed by atoms with van der Waals surface area (Å²) in [7, 11) is 0. The molecule has 0 unspecified atom stereocenters. The van der Waals surface area contributed by atoms with E-state index in [0.29, 0.717) is 11.1 Å². The van der Waals surface area contributed by atoms with Gasteiger partial charge in [-0.15, -0.1) is 0 Å². The zero-order valence-electron chi connectivity index (χ0n) is 13.0. The van der Waals surface area contributed by atoms with Crippen LogP contribution in [-0.2, 0) is 0 Å². The number of amides is 2. The van der Waals surface area contributed by atoms with Crippen molar-refractivity contribution in [3.63, 3.8) is 0 Å². The number of ether oxygens (including phenoxy) is 1. The SMILES string of the molecule is C[C@H](NN1C(=O)c2ccccc2C1=O)[C@H](C)Oc1ccccc1. The molecule has 5 nitrogen and oxygen atoms in total. The minimum Gasteiger partial charge on any atom is -0.489 e. The Bertz CT molecular complexity index is 695. The molecule has 0 aliphatic carbocycles. The molecule has 2 amide bonds. The number of carbonyl (C=O) groups excluding carboxylic acids is 2. The van der Waals surface area contributed by atoms with Crippen LogP contribution in [0.4, 0.5) is 0 Å². The van der Waals surface area contributed by atoms with E-state index >= 15 is 0 Å². The molecular formula is C18H18N2O3. The Morgan fingerprint density at radius 3 is 1.96 bits per heavy atom. The van der Waals surface area contributed by atoms with Gasteiger partial charge >= 0.3 is 0 Å². The molecule has 2 aromatic carbocycles. The van der Waals surface area contributed by atoms with Gasteiger partial charge in [-0.1, -0.05) is 30.3 Å². The van der Waals surface area contributed by atoms with Crippen molar-refractivity contribution in [3.05, 3.63) is 65.7 Å². The predicted octanol–water partition coefficient (Wildman–Crippen LogP) is 2.64. The maximum atomic E-state index is 12.3. The topological polar surface area (TPSA) is 58.6 Å². The van der Waals surface area contributed by atoms with Gasteiger partial charge in [-0.2, -0.15) is 0 Å². The van der Waals surface area contributed by atoms with Gasteiger partial charge in [0, 0.05) is 0 Å². The van der Waals surface area contributed by atoms with Crippen LogP contribution >= 0.6 is 0 Å². The Morgan fingerprint density at radius 2 is 1.39 bits per heavy atom. The molecule has 0 radical (unpaired) electrons. The summed E-state index contributed by atoms with van der Waals surface area (Å²) >= 11 is 0. The number of benzene rings is 2. The molecule has 1 aliphatic heterocycles. The van der Waals surface area contributed by atoms with Gasteiger partial charge in [0.25, 0.3) is 11.8 Å². The average Bonchev–Trinajstić information content (AvgIpc) is 2.81.